The molecule has 2 N–H and O–H groups in total. The molecule has 0 aliphatic carbocycles. The SMILES string of the molecule is [C-]#[N+]c1cc2c(Oc3ccc(NC(=O)Nc4ccc(F)cc4F)c(F)c3)ccnc2cc1OCCSC. The van der Waals surface area contributed by atoms with Crippen molar-refractivity contribution in [3.63, 3.8) is 0 Å². The summed E-state index contributed by atoms with van der Waals surface area (Å²) in [6.07, 6.45) is 3.48. The summed E-state index contributed by atoms with van der Waals surface area (Å²) < 4.78 is 53.0. The highest BCUT2D eigenvalue weighted by molar-refractivity contribution is 7.98. The predicted octanol–water partition coefficient (Wildman–Crippen LogP) is 7.38. The van der Waals surface area contributed by atoms with Crippen LogP contribution >= 0.6 is 11.8 Å². The van der Waals surface area contributed by atoms with Crippen molar-refractivity contribution in [1.82, 2.24) is 4.98 Å². The molecule has 0 aliphatic rings. The molecule has 0 unspecified atom stereocenters. The molecule has 0 fully saturated rings. The van der Waals surface area contributed by atoms with E-state index in [0.717, 1.165) is 24.0 Å². The van der Waals surface area contributed by atoms with Crippen LogP contribution in [0.1, 0.15) is 0 Å². The van der Waals surface area contributed by atoms with Crippen LogP contribution in [0.3, 0.4) is 0 Å². The summed E-state index contributed by atoms with van der Waals surface area (Å²) in [6, 6.07) is 10.3. The van der Waals surface area contributed by atoms with E-state index in [9.17, 15) is 18.0 Å². The van der Waals surface area contributed by atoms with Gasteiger partial charge in [0.15, 0.2) is 0 Å². The highest BCUT2D eigenvalue weighted by atomic mass is 32.2. The molecule has 0 radical (unpaired) electrons. The number of pyridine rings is 1. The number of nitrogens with zero attached hydrogens (tertiary/aromatic N) is 2. The molecule has 1 aromatic heterocycles. The van der Waals surface area contributed by atoms with Gasteiger partial charge in [-0.15, -0.1) is 0 Å². The van der Waals surface area contributed by atoms with Gasteiger partial charge in [0.1, 0.15) is 34.7 Å². The minimum absolute atomic E-state index is 0.130. The molecule has 0 saturated heterocycles. The number of amides is 2. The van der Waals surface area contributed by atoms with E-state index in [1.165, 1.54) is 18.3 Å². The van der Waals surface area contributed by atoms with Crippen LogP contribution < -0.4 is 20.1 Å². The van der Waals surface area contributed by atoms with Crippen LogP contribution in [0, 0.1) is 24.0 Å². The second-order valence-corrected chi connectivity index (χ2v) is 8.53. The highest BCUT2D eigenvalue weighted by Gasteiger charge is 2.14. The van der Waals surface area contributed by atoms with Gasteiger partial charge < -0.3 is 20.1 Å². The number of urea groups is 1. The first-order chi connectivity index (χ1) is 17.9. The number of ether oxygens (including phenoxy) is 2. The van der Waals surface area contributed by atoms with Crippen molar-refractivity contribution in [3.05, 3.63) is 89.7 Å². The maximum Gasteiger partial charge on any atom is 0.323 e. The van der Waals surface area contributed by atoms with E-state index >= 15 is 0 Å². The summed E-state index contributed by atoms with van der Waals surface area (Å²) in [5, 5.41) is 4.99. The van der Waals surface area contributed by atoms with Crippen molar-refractivity contribution in [2.45, 2.75) is 0 Å². The zero-order valence-electron chi connectivity index (χ0n) is 19.3. The van der Waals surface area contributed by atoms with E-state index in [4.69, 9.17) is 16.0 Å². The fourth-order valence-corrected chi connectivity index (χ4v) is 3.57. The fourth-order valence-electron chi connectivity index (χ4n) is 3.32. The molecule has 1 heterocycles. The molecule has 0 bridgehead atoms. The molecule has 0 spiro atoms. The van der Waals surface area contributed by atoms with Gasteiger partial charge in [-0.3, -0.25) is 4.98 Å². The maximum atomic E-state index is 14.7. The van der Waals surface area contributed by atoms with Gasteiger partial charge in [0.05, 0.1) is 30.1 Å². The monoisotopic (exact) mass is 524 g/mol. The molecule has 0 atom stereocenters. The Morgan fingerprint density at radius 2 is 1.73 bits per heavy atom. The van der Waals surface area contributed by atoms with Gasteiger partial charge in [0.2, 0.25) is 5.69 Å². The zero-order chi connectivity index (χ0) is 26.4. The Kier molecular flexibility index (Phi) is 8.00. The number of halogens is 3. The van der Waals surface area contributed by atoms with Gasteiger partial charge in [-0.05, 0) is 48.7 Å². The van der Waals surface area contributed by atoms with E-state index < -0.39 is 23.5 Å². The van der Waals surface area contributed by atoms with Crippen molar-refractivity contribution in [1.29, 1.82) is 0 Å². The minimum Gasteiger partial charge on any atom is -0.504 e. The van der Waals surface area contributed by atoms with Gasteiger partial charge in [0, 0.05) is 29.5 Å². The molecule has 4 aromatic rings. The third-order valence-corrected chi connectivity index (χ3v) is 5.62. The van der Waals surface area contributed by atoms with Crippen LogP contribution in [0.15, 0.2) is 60.8 Å². The van der Waals surface area contributed by atoms with Crippen LogP contribution in [0.5, 0.6) is 17.2 Å². The molecular formula is C26H19F3N4O3S. The largest absolute Gasteiger partial charge is 0.504 e. The molecule has 0 saturated carbocycles. The second-order valence-electron chi connectivity index (χ2n) is 7.55. The van der Waals surface area contributed by atoms with Crippen LogP contribution in [-0.2, 0) is 0 Å². The van der Waals surface area contributed by atoms with E-state index in [-0.39, 0.29) is 17.1 Å². The average molecular weight is 525 g/mol. The van der Waals surface area contributed by atoms with Crippen LogP contribution in [0.4, 0.5) is 35.0 Å². The number of thioether (sulfide) groups is 1. The topological polar surface area (TPSA) is 76.8 Å². The maximum absolute atomic E-state index is 14.7. The molecule has 0 aliphatic heterocycles. The van der Waals surface area contributed by atoms with Gasteiger partial charge in [-0.25, -0.2) is 22.8 Å². The van der Waals surface area contributed by atoms with Crippen molar-refractivity contribution in [2.75, 3.05) is 29.2 Å². The number of hydrogen-bond acceptors (Lipinski definition) is 5. The first-order valence-corrected chi connectivity index (χ1v) is 12.2. The molecule has 7 nitrogen and oxygen atoms in total. The standard InChI is InChI=1S/C26H19F3N4O3S/c1-30-23-13-17-22(14-25(23)35-9-10-37-2)31-8-7-24(17)36-16-4-6-21(19(29)12-16)33-26(34)32-20-5-3-15(27)11-18(20)28/h3-8,11-14H,9-10H2,2H3,(H2,32,33,34). The third-order valence-electron chi connectivity index (χ3n) is 5.04. The first kappa shape index (κ1) is 25.7. The van der Waals surface area contributed by atoms with Crippen molar-refractivity contribution < 1.29 is 27.4 Å². The number of rotatable bonds is 8. The minimum atomic E-state index is -0.969. The quantitative estimate of drug-likeness (QED) is 0.186. The number of benzene rings is 3. The number of carbonyl (C=O) groups excluding carboxylic acids is 1. The Hall–Kier alpha value is -4.43. The van der Waals surface area contributed by atoms with Crippen molar-refractivity contribution in [3.8, 4) is 17.2 Å². The number of nitrogens with one attached hydrogen (secondary N) is 2. The summed E-state index contributed by atoms with van der Waals surface area (Å²) in [5.74, 6) is -0.909. The lowest BCUT2D eigenvalue weighted by molar-refractivity contribution is 0.262. The molecule has 188 valence electrons. The summed E-state index contributed by atoms with van der Waals surface area (Å²) in [5.41, 5.74) is 0.378. The first-order valence-electron chi connectivity index (χ1n) is 10.8. The Morgan fingerprint density at radius 3 is 2.41 bits per heavy atom. The molecule has 37 heavy (non-hydrogen) atoms. The summed E-state index contributed by atoms with van der Waals surface area (Å²) >= 11 is 1.63. The van der Waals surface area contributed by atoms with Crippen molar-refractivity contribution in [2.24, 2.45) is 0 Å². The summed E-state index contributed by atoms with van der Waals surface area (Å²) in [7, 11) is 0. The summed E-state index contributed by atoms with van der Waals surface area (Å²) in [6.45, 7) is 7.93. The number of carbonyl (C=O) groups is 1. The smallest absolute Gasteiger partial charge is 0.323 e. The molecule has 3 aromatic carbocycles. The van der Waals surface area contributed by atoms with E-state index in [2.05, 4.69) is 20.5 Å². The number of anilines is 2. The molecule has 2 amide bonds. The lowest BCUT2D eigenvalue weighted by Crippen LogP contribution is -2.20. The van der Waals surface area contributed by atoms with Crippen LogP contribution in [0.2, 0.25) is 0 Å². The van der Waals surface area contributed by atoms with Gasteiger partial charge in [0.25, 0.3) is 0 Å². The van der Waals surface area contributed by atoms with Gasteiger partial charge in [-0.1, -0.05) is 0 Å². The Balaban J connectivity index is 1.51. The lowest BCUT2D eigenvalue weighted by atomic mass is 10.1. The third kappa shape index (κ3) is 6.23. The fraction of sp³-hybridized carbons (Fsp3) is 0.115. The van der Waals surface area contributed by atoms with Crippen LogP contribution in [-0.4, -0.2) is 29.6 Å². The normalized spacial score (nSPS) is 10.6. The molecule has 11 heteroatoms. The summed E-state index contributed by atoms with van der Waals surface area (Å²) in [4.78, 5) is 20.0. The van der Waals surface area contributed by atoms with Gasteiger partial charge in [-0.2, -0.15) is 11.8 Å². The average Bonchev–Trinajstić information content (AvgIpc) is 2.87. The zero-order valence-corrected chi connectivity index (χ0v) is 20.2. The molecule has 4 rings (SSSR count). The Labute approximate surface area is 214 Å². The van der Waals surface area contributed by atoms with Crippen molar-refractivity contribution >= 4 is 45.8 Å². The Bertz CT molecular complexity index is 1510. The Morgan fingerprint density at radius 1 is 1.00 bits per heavy atom. The number of aromatic nitrogens is 1. The predicted molar refractivity (Wildman–Crippen MR) is 137 cm³/mol. The van der Waals surface area contributed by atoms with E-state index in [1.54, 1.807) is 30.0 Å². The number of fused-ring (bicyclic) bond motifs is 1. The molecular weight excluding hydrogens is 505 g/mol. The lowest BCUT2D eigenvalue weighted by Gasteiger charge is -2.13. The van der Waals surface area contributed by atoms with Gasteiger partial charge >= 0.3 is 6.03 Å². The number of hydrogen-bond donors (Lipinski definition) is 2. The van der Waals surface area contributed by atoms with Crippen LogP contribution in [0.25, 0.3) is 15.7 Å². The van der Waals surface area contributed by atoms with E-state index in [0.29, 0.717) is 40.8 Å². The second kappa shape index (κ2) is 11.5. The highest BCUT2D eigenvalue weighted by Crippen LogP contribution is 2.37. The van der Waals surface area contributed by atoms with E-state index in [1.807, 2.05) is 6.26 Å².